The van der Waals surface area contributed by atoms with Crippen molar-refractivity contribution < 1.29 is 4.74 Å². The molecule has 1 aromatic heterocycles. The van der Waals surface area contributed by atoms with Crippen molar-refractivity contribution in [2.45, 2.75) is 53.2 Å². The summed E-state index contributed by atoms with van der Waals surface area (Å²) in [4.78, 5) is 5.89. The van der Waals surface area contributed by atoms with Crippen LogP contribution >= 0.6 is 11.3 Å². The number of rotatable bonds is 6. The molecule has 0 aliphatic rings. The van der Waals surface area contributed by atoms with Crippen LogP contribution < -0.4 is 10.5 Å². The number of thiazole rings is 1. The molecule has 2 aromatic rings. The van der Waals surface area contributed by atoms with E-state index in [0.29, 0.717) is 6.61 Å². The molecule has 2 N–H and O–H groups in total. The van der Waals surface area contributed by atoms with Gasteiger partial charge in [-0.2, -0.15) is 0 Å². The van der Waals surface area contributed by atoms with Crippen LogP contribution in [0.5, 0.6) is 5.75 Å². The summed E-state index contributed by atoms with van der Waals surface area (Å²) in [6.45, 7) is 8.87. The standard InChI is InChI=1S/C17H24N2OS/c1-5-7-14-17(13(4)18)21-16(19-14)10-20-15-9-6-8-11(2)12(15)3/h6,8-9,13H,5,7,10,18H2,1-4H3. The van der Waals surface area contributed by atoms with Crippen molar-refractivity contribution in [3.05, 3.63) is 44.9 Å². The summed E-state index contributed by atoms with van der Waals surface area (Å²) in [6, 6.07) is 6.17. The monoisotopic (exact) mass is 304 g/mol. The molecule has 0 bridgehead atoms. The van der Waals surface area contributed by atoms with Gasteiger partial charge in [-0.3, -0.25) is 0 Å². The molecule has 3 nitrogen and oxygen atoms in total. The van der Waals surface area contributed by atoms with Crippen LogP contribution in [-0.4, -0.2) is 4.98 Å². The van der Waals surface area contributed by atoms with Crippen molar-refractivity contribution in [1.29, 1.82) is 0 Å². The van der Waals surface area contributed by atoms with E-state index in [4.69, 9.17) is 15.5 Å². The second-order valence-electron chi connectivity index (χ2n) is 5.44. The van der Waals surface area contributed by atoms with Gasteiger partial charge in [-0.05, 0) is 44.4 Å². The van der Waals surface area contributed by atoms with Gasteiger partial charge in [0.1, 0.15) is 17.4 Å². The van der Waals surface area contributed by atoms with E-state index in [0.717, 1.165) is 29.3 Å². The van der Waals surface area contributed by atoms with Crippen molar-refractivity contribution in [1.82, 2.24) is 4.98 Å². The lowest BCUT2D eigenvalue weighted by Crippen LogP contribution is -2.05. The quantitative estimate of drug-likeness (QED) is 0.865. The Morgan fingerprint density at radius 1 is 1.33 bits per heavy atom. The highest BCUT2D eigenvalue weighted by Gasteiger charge is 2.14. The highest BCUT2D eigenvalue weighted by Crippen LogP contribution is 2.27. The summed E-state index contributed by atoms with van der Waals surface area (Å²) in [7, 11) is 0. The topological polar surface area (TPSA) is 48.1 Å². The SMILES string of the molecule is CCCc1nc(COc2cccc(C)c2C)sc1C(C)N. The van der Waals surface area contributed by atoms with Crippen LogP contribution in [0.1, 0.15) is 53.0 Å². The molecule has 21 heavy (non-hydrogen) atoms. The molecular formula is C17H24N2OS. The average Bonchev–Trinajstić information content (AvgIpc) is 2.84. The third-order valence-corrected chi connectivity index (χ3v) is 4.85. The number of benzene rings is 1. The first kappa shape index (κ1) is 16.0. The molecule has 1 heterocycles. The summed E-state index contributed by atoms with van der Waals surface area (Å²) in [5.41, 5.74) is 9.61. The zero-order chi connectivity index (χ0) is 15.4. The molecule has 0 aliphatic carbocycles. The van der Waals surface area contributed by atoms with E-state index >= 15 is 0 Å². The first-order chi connectivity index (χ1) is 10.0. The molecule has 0 spiro atoms. The number of hydrogen-bond donors (Lipinski definition) is 1. The van der Waals surface area contributed by atoms with Gasteiger partial charge in [-0.1, -0.05) is 25.5 Å². The zero-order valence-corrected chi connectivity index (χ0v) is 14.1. The molecule has 0 fully saturated rings. The van der Waals surface area contributed by atoms with E-state index in [1.165, 1.54) is 16.0 Å². The van der Waals surface area contributed by atoms with E-state index in [1.54, 1.807) is 11.3 Å². The smallest absolute Gasteiger partial charge is 0.140 e. The second-order valence-corrected chi connectivity index (χ2v) is 6.56. The van der Waals surface area contributed by atoms with Crippen LogP contribution in [0.15, 0.2) is 18.2 Å². The van der Waals surface area contributed by atoms with Crippen LogP contribution in [0, 0.1) is 13.8 Å². The maximum absolute atomic E-state index is 6.04. The molecule has 0 saturated carbocycles. The van der Waals surface area contributed by atoms with Gasteiger partial charge >= 0.3 is 0 Å². The minimum Gasteiger partial charge on any atom is -0.486 e. The zero-order valence-electron chi connectivity index (χ0n) is 13.3. The predicted octanol–water partition coefficient (Wildman–Crippen LogP) is 4.31. The molecule has 1 aromatic carbocycles. The molecule has 1 unspecified atom stereocenters. The summed E-state index contributed by atoms with van der Waals surface area (Å²) >= 11 is 1.68. The summed E-state index contributed by atoms with van der Waals surface area (Å²) in [5, 5.41) is 1.01. The van der Waals surface area contributed by atoms with Gasteiger partial charge in [0.2, 0.25) is 0 Å². The van der Waals surface area contributed by atoms with Crippen LogP contribution in [0.25, 0.3) is 0 Å². The summed E-state index contributed by atoms with van der Waals surface area (Å²) in [6.07, 6.45) is 2.07. The van der Waals surface area contributed by atoms with Crippen molar-refractivity contribution >= 4 is 11.3 Å². The van der Waals surface area contributed by atoms with Crippen molar-refractivity contribution in [2.24, 2.45) is 5.73 Å². The lowest BCUT2D eigenvalue weighted by molar-refractivity contribution is 0.303. The van der Waals surface area contributed by atoms with Crippen molar-refractivity contribution in [2.75, 3.05) is 0 Å². The third-order valence-electron chi connectivity index (χ3n) is 3.58. The van der Waals surface area contributed by atoms with E-state index in [1.807, 2.05) is 19.1 Å². The van der Waals surface area contributed by atoms with Gasteiger partial charge in [0.15, 0.2) is 0 Å². The number of hydrogen-bond acceptors (Lipinski definition) is 4. The Morgan fingerprint density at radius 2 is 2.10 bits per heavy atom. The van der Waals surface area contributed by atoms with Crippen LogP contribution in [0.3, 0.4) is 0 Å². The molecule has 1 atom stereocenters. The Balaban J connectivity index is 2.13. The summed E-state index contributed by atoms with van der Waals surface area (Å²) < 4.78 is 5.94. The fraction of sp³-hybridized carbons (Fsp3) is 0.471. The minimum absolute atomic E-state index is 0.0403. The van der Waals surface area contributed by atoms with E-state index < -0.39 is 0 Å². The molecule has 114 valence electrons. The van der Waals surface area contributed by atoms with Gasteiger partial charge in [0, 0.05) is 10.9 Å². The lowest BCUT2D eigenvalue weighted by Gasteiger charge is -2.09. The number of ether oxygens (including phenoxy) is 1. The van der Waals surface area contributed by atoms with Crippen molar-refractivity contribution in [3.63, 3.8) is 0 Å². The summed E-state index contributed by atoms with van der Waals surface area (Å²) in [5.74, 6) is 0.935. The van der Waals surface area contributed by atoms with Gasteiger partial charge < -0.3 is 10.5 Å². The fourth-order valence-corrected chi connectivity index (χ4v) is 3.25. The lowest BCUT2D eigenvalue weighted by atomic mass is 10.1. The largest absolute Gasteiger partial charge is 0.486 e. The molecule has 0 amide bonds. The first-order valence-corrected chi connectivity index (χ1v) is 8.27. The molecular weight excluding hydrogens is 280 g/mol. The predicted molar refractivity (Wildman–Crippen MR) is 89.0 cm³/mol. The molecule has 0 saturated heterocycles. The molecule has 0 aliphatic heterocycles. The normalized spacial score (nSPS) is 12.4. The Hall–Kier alpha value is -1.39. The van der Waals surface area contributed by atoms with Gasteiger partial charge in [-0.15, -0.1) is 11.3 Å². The highest BCUT2D eigenvalue weighted by molar-refractivity contribution is 7.11. The maximum atomic E-state index is 6.04. The highest BCUT2D eigenvalue weighted by atomic mass is 32.1. The maximum Gasteiger partial charge on any atom is 0.140 e. The van der Waals surface area contributed by atoms with Gasteiger partial charge in [0.05, 0.1) is 5.69 Å². The number of aromatic nitrogens is 1. The van der Waals surface area contributed by atoms with Gasteiger partial charge in [0.25, 0.3) is 0 Å². The Labute approximate surface area is 131 Å². The van der Waals surface area contributed by atoms with E-state index in [-0.39, 0.29) is 6.04 Å². The minimum atomic E-state index is 0.0403. The second kappa shape index (κ2) is 7.05. The Bertz CT molecular complexity index is 605. The average molecular weight is 304 g/mol. The fourth-order valence-electron chi connectivity index (χ4n) is 2.27. The van der Waals surface area contributed by atoms with Crippen LogP contribution in [-0.2, 0) is 13.0 Å². The van der Waals surface area contributed by atoms with Crippen LogP contribution in [0.2, 0.25) is 0 Å². The number of nitrogens with two attached hydrogens (primary N) is 1. The third kappa shape index (κ3) is 3.83. The van der Waals surface area contributed by atoms with E-state index in [9.17, 15) is 0 Å². The molecule has 4 heteroatoms. The Morgan fingerprint density at radius 3 is 2.76 bits per heavy atom. The Kier molecular flexibility index (Phi) is 5.37. The van der Waals surface area contributed by atoms with Crippen LogP contribution in [0.4, 0.5) is 0 Å². The molecule has 0 radical (unpaired) electrons. The first-order valence-electron chi connectivity index (χ1n) is 7.46. The van der Waals surface area contributed by atoms with E-state index in [2.05, 4.69) is 26.8 Å². The van der Waals surface area contributed by atoms with Gasteiger partial charge in [-0.25, -0.2) is 4.98 Å². The number of nitrogens with zero attached hydrogens (tertiary/aromatic N) is 1. The number of aryl methyl sites for hydroxylation is 2. The molecule has 2 rings (SSSR count). The van der Waals surface area contributed by atoms with Crippen molar-refractivity contribution in [3.8, 4) is 5.75 Å².